The molecule has 2 nitrogen and oxygen atoms in total. The van der Waals surface area contributed by atoms with Crippen LogP contribution in [0.15, 0.2) is 21.1 Å². The lowest BCUT2D eigenvalue weighted by molar-refractivity contribution is -0.391. The van der Waals surface area contributed by atoms with Gasteiger partial charge in [0.2, 0.25) is 0 Å². The molecule has 8 heteroatoms. The summed E-state index contributed by atoms with van der Waals surface area (Å²) < 4.78 is 59.6. The summed E-state index contributed by atoms with van der Waals surface area (Å²) in [5.74, 6) is -0.920. The minimum absolute atomic E-state index is 0.0899. The van der Waals surface area contributed by atoms with Crippen LogP contribution in [0.2, 0.25) is 0 Å². The summed E-state index contributed by atoms with van der Waals surface area (Å²) in [4.78, 5) is 0. The molecule has 0 N–H and O–H groups in total. The van der Waals surface area contributed by atoms with Crippen LogP contribution in [0.1, 0.15) is 0 Å². The van der Waals surface area contributed by atoms with Crippen molar-refractivity contribution in [2.75, 3.05) is 0 Å². The smallest absolute Gasteiger partial charge is 0.421 e. The third-order valence-electron chi connectivity index (χ3n) is 1.78. The summed E-state index contributed by atoms with van der Waals surface area (Å²) in [6, 6.07) is 2.49. The Bertz CT molecular complexity index is 450. The lowest BCUT2D eigenvalue weighted by atomic mass is 10.3. The molecule has 1 aromatic rings. The summed E-state index contributed by atoms with van der Waals surface area (Å²) in [7, 11) is 0. The van der Waals surface area contributed by atoms with Gasteiger partial charge in [0.25, 0.3) is 0 Å². The topological polar surface area (TPSA) is 18.5 Å². The Morgan fingerprint density at radius 2 is 1.50 bits per heavy atom. The molecule has 1 aliphatic heterocycles. The molecule has 88 valence electrons. The van der Waals surface area contributed by atoms with E-state index >= 15 is 0 Å². The largest absolute Gasteiger partial charge is 0.507 e. The molecule has 0 aliphatic carbocycles. The average Bonchev–Trinajstić information content (AvgIpc) is 2.08. The van der Waals surface area contributed by atoms with Crippen LogP contribution in [-0.4, -0.2) is 12.2 Å². The van der Waals surface area contributed by atoms with Crippen molar-refractivity contribution >= 4 is 31.9 Å². The number of halogens is 6. The summed E-state index contributed by atoms with van der Waals surface area (Å²) in [5, 5.41) is 0. The number of hydrogen-bond donors (Lipinski definition) is 0. The molecule has 16 heavy (non-hydrogen) atoms. The van der Waals surface area contributed by atoms with Gasteiger partial charge < -0.3 is 9.47 Å². The highest BCUT2D eigenvalue weighted by atomic mass is 79.9. The molecule has 2 rings (SSSR count). The highest BCUT2D eigenvalue weighted by Crippen LogP contribution is 2.50. The number of hydrogen-bond acceptors (Lipinski definition) is 2. The van der Waals surface area contributed by atoms with Gasteiger partial charge in [-0.25, -0.2) is 0 Å². The second kappa shape index (κ2) is 3.49. The predicted octanol–water partition coefficient (Wildman–Crippen LogP) is 4.17. The minimum atomic E-state index is -4.70. The van der Waals surface area contributed by atoms with Gasteiger partial charge in [0.1, 0.15) is 0 Å². The molecule has 0 spiro atoms. The lowest BCUT2D eigenvalue weighted by Crippen LogP contribution is -2.52. The van der Waals surface area contributed by atoms with E-state index in [1.807, 2.05) is 0 Å². The van der Waals surface area contributed by atoms with Crippen molar-refractivity contribution in [3.05, 3.63) is 21.1 Å². The monoisotopic (exact) mass is 364 g/mol. The quantitative estimate of drug-likeness (QED) is 0.642. The Labute approximate surface area is 104 Å². The number of benzene rings is 1. The zero-order valence-electron chi connectivity index (χ0n) is 7.24. The van der Waals surface area contributed by atoms with Gasteiger partial charge in [-0.1, -0.05) is 15.9 Å². The molecular weight excluding hydrogens is 364 g/mol. The Kier molecular flexibility index (Phi) is 2.61. The predicted molar refractivity (Wildman–Crippen MR) is 53.0 cm³/mol. The van der Waals surface area contributed by atoms with E-state index in [2.05, 4.69) is 41.3 Å². The fraction of sp³-hybridized carbons (Fsp3) is 0.250. The Morgan fingerprint density at radius 3 is 2.12 bits per heavy atom. The van der Waals surface area contributed by atoms with Crippen molar-refractivity contribution in [1.82, 2.24) is 0 Å². The standard InChI is InChI=1S/C8H2Br2F4O2/c9-3-1-4(10)6-5(2-3)15-7(11,12)8(13,14)16-6/h1-2H. The first-order valence-corrected chi connectivity index (χ1v) is 5.44. The molecule has 0 atom stereocenters. The Morgan fingerprint density at radius 1 is 0.938 bits per heavy atom. The lowest BCUT2D eigenvalue weighted by Gasteiger charge is -2.32. The van der Waals surface area contributed by atoms with Gasteiger partial charge in [-0.15, -0.1) is 0 Å². The van der Waals surface area contributed by atoms with Gasteiger partial charge in [-0.05, 0) is 28.1 Å². The summed E-state index contributed by atoms with van der Waals surface area (Å²) >= 11 is 5.92. The van der Waals surface area contributed by atoms with Crippen molar-refractivity contribution in [2.45, 2.75) is 12.2 Å². The third-order valence-corrected chi connectivity index (χ3v) is 2.83. The second-order valence-corrected chi connectivity index (χ2v) is 4.72. The molecular formula is C8H2Br2F4O2. The molecule has 0 radical (unpaired) electrons. The maximum atomic E-state index is 12.8. The molecule has 1 aliphatic rings. The molecule has 0 saturated carbocycles. The van der Waals surface area contributed by atoms with Gasteiger partial charge in [0, 0.05) is 4.47 Å². The zero-order chi connectivity index (χ0) is 12.1. The van der Waals surface area contributed by atoms with Crippen LogP contribution in [0, 0.1) is 0 Å². The Hall–Kier alpha value is -0.500. The van der Waals surface area contributed by atoms with E-state index in [9.17, 15) is 17.6 Å². The van der Waals surface area contributed by atoms with Crippen molar-refractivity contribution in [3.63, 3.8) is 0 Å². The van der Waals surface area contributed by atoms with Gasteiger partial charge in [0.05, 0.1) is 4.47 Å². The summed E-state index contributed by atoms with van der Waals surface area (Å²) in [6.45, 7) is 0. The van der Waals surface area contributed by atoms with Gasteiger partial charge in [0.15, 0.2) is 11.5 Å². The van der Waals surface area contributed by atoms with Crippen LogP contribution >= 0.6 is 31.9 Å². The number of ether oxygens (including phenoxy) is 2. The van der Waals surface area contributed by atoms with E-state index in [1.165, 1.54) is 6.07 Å². The molecule has 0 bridgehead atoms. The Balaban J connectivity index is 2.56. The molecule has 0 saturated heterocycles. The van der Waals surface area contributed by atoms with Crippen molar-refractivity contribution in [1.29, 1.82) is 0 Å². The number of alkyl halides is 4. The number of rotatable bonds is 0. The third kappa shape index (κ3) is 1.77. The van der Waals surface area contributed by atoms with Crippen LogP contribution in [0.5, 0.6) is 11.5 Å². The van der Waals surface area contributed by atoms with Crippen molar-refractivity contribution < 1.29 is 27.0 Å². The first-order valence-electron chi connectivity index (χ1n) is 3.86. The normalized spacial score (nSPS) is 20.6. The van der Waals surface area contributed by atoms with Crippen molar-refractivity contribution in [3.8, 4) is 11.5 Å². The fourth-order valence-corrected chi connectivity index (χ4v) is 2.36. The highest BCUT2D eigenvalue weighted by molar-refractivity contribution is 9.11. The molecule has 0 amide bonds. The van der Waals surface area contributed by atoms with Crippen LogP contribution in [0.3, 0.4) is 0 Å². The van der Waals surface area contributed by atoms with E-state index in [1.54, 1.807) is 0 Å². The zero-order valence-corrected chi connectivity index (χ0v) is 10.4. The van der Waals surface area contributed by atoms with Gasteiger partial charge >= 0.3 is 12.2 Å². The van der Waals surface area contributed by atoms with Crippen molar-refractivity contribution in [2.24, 2.45) is 0 Å². The second-order valence-electron chi connectivity index (χ2n) is 2.95. The average molecular weight is 366 g/mol. The van der Waals surface area contributed by atoms with E-state index in [0.29, 0.717) is 4.47 Å². The summed E-state index contributed by atoms with van der Waals surface area (Å²) in [5.41, 5.74) is 0. The van der Waals surface area contributed by atoms with Crippen LogP contribution < -0.4 is 9.47 Å². The van der Waals surface area contributed by atoms with E-state index < -0.39 is 23.7 Å². The van der Waals surface area contributed by atoms with E-state index in [-0.39, 0.29) is 4.47 Å². The minimum Gasteiger partial charge on any atom is -0.421 e. The van der Waals surface area contributed by atoms with Gasteiger partial charge in [-0.2, -0.15) is 17.6 Å². The first kappa shape index (κ1) is 12.0. The highest BCUT2D eigenvalue weighted by Gasteiger charge is 2.66. The number of fused-ring (bicyclic) bond motifs is 1. The van der Waals surface area contributed by atoms with Gasteiger partial charge in [-0.3, -0.25) is 0 Å². The summed E-state index contributed by atoms with van der Waals surface area (Å²) in [6.07, 6.45) is -9.39. The molecule has 0 aromatic heterocycles. The maximum absolute atomic E-state index is 12.8. The van der Waals surface area contributed by atoms with Crippen LogP contribution in [0.4, 0.5) is 17.6 Å². The molecule has 0 fully saturated rings. The van der Waals surface area contributed by atoms with E-state index in [0.717, 1.165) is 6.07 Å². The molecule has 1 aromatic carbocycles. The SMILES string of the molecule is FC1(F)Oc2cc(Br)cc(Br)c2OC1(F)F. The fourth-order valence-electron chi connectivity index (χ4n) is 1.10. The molecule has 1 heterocycles. The van der Waals surface area contributed by atoms with Crippen LogP contribution in [-0.2, 0) is 0 Å². The maximum Gasteiger partial charge on any atom is 0.507 e. The molecule has 0 unspecified atom stereocenters. The van der Waals surface area contributed by atoms with E-state index in [4.69, 9.17) is 0 Å². The first-order chi connectivity index (χ1) is 7.23. The van der Waals surface area contributed by atoms with Crippen LogP contribution in [0.25, 0.3) is 0 Å².